The lowest BCUT2D eigenvalue weighted by Gasteiger charge is -2.19. The lowest BCUT2D eigenvalue weighted by molar-refractivity contribution is 0.0689. The first-order valence-corrected chi connectivity index (χ1v) is 8.86. The zero-order chi connectivity index (χ0) is 18.5. The SMILES string of the molecule is C[C@@H](c1ccc(F)cc1)c1nc(C(=O)O)cnc1NCCN1CCCC1. The number of hydrogen-bond acceptors (Lipinski definition) is 5. The maximum atomic E-state index is 13.2. The van der Waals surface area contributed by atoms with E-state index in [-0.39, 0.29) is 17.4 Å². The van der Waals surface area contributed by atoms with E-state index in [1.54, 1.807) is 12.1 Å². The molecule has 0 unspecified atom stereocenters. The number of nitrogens with one attached hydrogen (secondary N) is 1. The average molecular weight is 358 g/mol. The number of carboxylic acid groups (broad SMARTS) is 1. The molecule has 7 heteroatoms. The molecule has 1 fully saturated rings. The molecule has 1 saturated heterocycles. The molecule has 138 valence electrons. The number of aromatic nitrogens is 2. The minimum Gasteiger partial charge on any atom is -0.476 e. The number of carboxylic acids is 1. The van der Waals surface area contributed by atoms with Crippen molar-refractivity contribution in [3.05, 3.63) is 53.2 Å². The molecule has 6 nitrogen and oxygen atoms in total. The predicted molar refractivity (Wildman–Crippen MR) is 97.1 cm³/mol. The standard InChI is InChI=1S/C19H23FN4O2/c1-13(14-4-6-15(20)7-5-14)17-18(22-12-16(23-17)19(25)26)21-8-11-24-9-2-3-10-24/h4-7,12-13H,2-3,8-11H2,1H3,(H,21,22)(H,25,26)/t13-/m0/s1. The van der Waals surface area contributed by atoms with E-state index in [4.69, 9.17) is 0 Å². The van der Waals surface area contributed by atoms with Gasteiger partial charge in [-0.15, -0.1) is 0 Å². The second-order valence-corrected chi connectivity index (χ2v) is 6.54. The molecule has 1 aromatic carbocycles. The van der Waals surface area contributed by atoms with Gasteiger partial charge in [0.1, 0.15) is 11.6 Å². The summed E-state index contributed by atoms with van der Waals surface area (Å²) in [7, 11) is 0. The van der Waals surface area contributed by atoms with Crippen molar-refractivity contribution >= 4 is 11.8 Å². The molecular formula is C19H23FN4O2. The summed E-state index contributed by atoms with van der Waals surface area (Å²) in [5, 5.41) is 12.5. The van der Waals surface area contributed by atoms with Gasteiger partial charge in [-0.1, -0.05) is 19.1 Å². The van der Waals surface area contributed by atoms with Gasteiger partial charge in [0.15, 0.2) is 5.69 Å². The summed E-state index contributed by atoms with van der Waals surface area (Å²) in [5.74, 6) is -1.06. The largest absolute Gasteiger partial charge is 0.476 e. The number of benzene rings is 1. The minimum atomic E-state index is -1.12. The summed E-state index contributed by atoms with van der Waals surface area (Å²) < 4.78 is 13.2. The molecule has 3 rings (SSSR count). The maximum Gasteiger partial charge on any atom is 0.356 e. The predicted octanol–water partition coefficient (Wildman–Crippen LogP) is 2.97. The number of hydrogen-bond donors (Lipinski definition) is 2. The third-order valence-corrected chi connectivity index (χ3v) is 4.72. The summed E-state index contributed by atoms with van der Waals surface area (Å²) in [6.45, 7) is 5.76. The van der Waals surface area contributed by atoms with Crippen LogP contribution in [0.25, 0.3) is 0 Å². The Morgan fingerprint density at radius 2 is 2.00 bits per heavy atom. The van der Waals surface area contributed by atoms with E-state index in [2.05, 4.69) is 20.2 Å². The zero-order valence-electron chi connectivity index (χ0n) is 14.8. The van der Waals surface area contributed by atoms with Crippen molar-refractivity contribution in [3.8, 4) is 0 Å². The Morgan fingerprint density at radius 3 is 2.65 bits per heavy atom. The summed E-state index contributed by atoms with van der Waals surface area (Å²) >= 11 is 0. The molecule has 1 atom stereocenters. The quantitative estimate of drug-likeness (QED) is 0.792. The minimum absolute atomic E-state index is 0.0981. The third-order valence-electron chi connectivity index (χ3n) is 4.72. The molecule has 2 N–H and O–H groups in total. The van der Waals surface area contributed by atoms with Gasteiger partial charge in [-0.25, -0.2) is 19.2 Å². The van der Waals surface area contributed by atoms with Crippen molar-refractivity contribution in [1.29, 1.82) is 0 Å². The van der Waals surface area contributed by atoms with Crippen molar-refractivity contribution in [1.82, 2.24) is 14.9 Å². The van der Waals surface area contributed by atoms with Crippen LogP contribution < -0.4 is 5.32 Å². The van der Waals surface area contributed by atoms with E-state index in [1.165, 1.54) is 31.2 Å². The molecule has 26 heavy (non-hydrogen) atoms. The van der Waals surface area contributed by atoms with Crippen LogP contribution in [0.4, 0.5) is 10.2 Å². The average Bonchev–Trinajstić information content (AvgIpc) is 3.15. The van der Waals surface area contributed by atoms with Gasteiger partial charge >= 0.3 is 5.97 Å². The molecule has 2 aromatic rings. The highest BCUT2D eigenvalue weighted by molar-refractivity contribution is 5.85. The Bertz CT molecular complexity index is 761. The second kappa shape index (κ2) is 8.23. The Morgan fingerprint density at radius 1 is 1.31 bits per heavy atom. The van der Waals surface area contributed by atoms with E-state index in [0.29, 0.717) is 18.1 Å². The van der Waals surface area contributed by atoms with E-state index in [1.807, 2.05) is 6.92 Å². The number of rotatable bonds is 7. The van der Waals surface area contributed by atoms with Gasteiger partial charge in [-0.05, 0) is 43.6 Å². The molecule has 1 aliphatic heterocycles. The molecule has 0 spiro atoms. The van der Waals surface area contributed by atoms with Crippen LogP contribution in [-0.2, 0) is 0 Å². The van der Waals surface area contributed by atoms with Crippen LogP contribution in [-0.4, -0.2) is 52.1 Å². The number of aromatic carboxylic acids is 1. The van der Waals surface area contributed by atoms with Gasteiger partial charge in [-0.3, -0.25) is 0 Å². The lowest BCUT2D eigenvalue weighted by atomic mass is 9.97. The molecule has 0 amide bonds. The van der Waals surface area contributed by atoms with E-state index < -0.39 is 5.97 Å². The number of likely N-dealkylation sites (tertiary alicyclic amines) is 1. The van der Waals surface area contributed by atoms with E-state index >= 15 is 0 Å². The molecule has 0 radical (unpaired) electrons. The highest BCUT2D eigenvalue weighted by Gasteiger charge is 2.19. The van der Waals surface area contributed by atoms with Gasteiger partial charge in [0, 0.05) is 19.0 Å². The highest BCUT2D eigenvalue weighted by atomic mass is 19.1. The maximum absolute atomic E-state index is 13.2. The van der Waals surface area contributed by atoms with E-state index in [9.17, 15) is 14.3 Å². The highest BCUT2D eigenvalue weighted by Crippen LogP contribution is 2.27. The smallest absolute Gasteiger partial charge is 0.356 e. The fourth-order valence-electron chi connectivity index (χ4n) is 3.19. The molecule has 1 aromatic heterocycles. The summed E-state index contributed by atoms with van der Waals surface area (Å²) in [4.78, 5) is 22.2. The van der Waals surface area contributed by atoms with Crippen LogP contribution in [0.15, 0.2) is 30.5 Å². The second-order valence-electron chi connectivity index (χ2n) is 6.54. The Balaban J connectivity index is 1.80. The molecule has 2 heterocycles. The van der Waals surface area contributed by atoms with Crippen LogP contribution in [0.2, 0.25) is 0 Å². The number of halogens is 1. The normalized spacial score (nSPS) is 15.8. The van der Waals surface area contributed by atoms with Gasteiger partial charge < -0.3 is 15.3 Å². The fraction of sp³-hybridized carbons (Fsp3) is 0.421. The Labute approximate surface area is 152 Å². The molecule has 0 aliphatic carbocycles. The Hall–Kier alpha value is -2.54. The van der Waals surface area contributed by atoms with Gasteiger partial charge in [0.05, 0.1) is 11.9 Å². The monoisotopic (exact) mass is 358 g/mol. The molecular weight excluding hydrogens is 335 g/mol. The van der Waals surface area contributed by atoms with Crippen molar-refractivity contribution in [3.63, 3.8) is 0 Å². The number of nitrogens with zero attached hydrogens (tertiary/aromatic N) is 3. The summed E-state index contributed by atoms with van der Waals surface area (Å²) in [5.41, 5.74) is 1.31. The van der Waals surface area contributed by atoms with Crippen LogP contribution >= 0.6 is 0 Å². The molecule has 0 saturated carbocycles. The first-order valence-electron chi connectivity index (χ1n) is 8.86. The van der Waals surface area contributed by atoms with Crippen LogP contribution in [0.3, 0.4) is 0 Å². The van der Waals surface area contributed by atoms with Crippen molar-refractivity contribution in [2.75, 3.05) is 31.5 Å². The topological polar surface area (TPSA) is 78.3 Å². The zero-order valence-corrected chi connectivity index (χ0v) is 14.8. The molecule has 1 aliphatic rings. The van der Waals surface area contributed by atoms with Gasteiger partial charge in [-0.2, -0.15) is 0 Å². The summed E-state index contributed by atoms with van der Waals surface area (Å²) in [6, 6.07) is 6.15. The van der Waals surface area contributed by atoms with Gasteiger partial charge in [0.25, 0.3) is 0 Å². The molecule has 0 bridgehead atoms. The first kappa shape index (κ1) is 18.3. The summed E-state index contributed by atoms with van der Waals surface area (Å²) in [6.07, 6.45) is 3.74. The van der Waals surface area contributed by atoms with Crippen LogP contribution in [0, 0.1) is 5.82 Å². The van der Waals surface area contributed by atoms with E-state index in [0.717, 1.165) is 25.2 Å². The fourth-order valence-corrected chi connectivity index (χ4v) is 3.19. The number of anilines is 1. The van der Waals surface area contributed by atoms with Crippen molar-refractivity contribution < 1.29 is 14.3 Å². The third kappa shape index (κ3) is 4.35. The van der Waals surface area contributed by atoms with Crippen molar-refractivity contribution in [2.45, 2.75) is 25.7 Å². The number of carbonyl (C=O) groups is 1. The van der Waals surface area contributed by atoms with Crippen LogP contribution in [0.5, 0.6) is 0 Å². The lowest BCUT2D eigenvalue weighted by Crippen LogP contribution is -2.26. The van der Waals surface area contributed by atoms with Crippen LogP contribution in [0.1, 0.15) is 47.4 Å². The van der Waals surface area contributed by atoms with Gasteiger partial charge in [0.2, 0.25) is 0 Å². The Kier molecular flexibility index (Phi) is 5.78. The van der Waals surface area contributed by atoms with Crippen molar-refractivity contribution in [2.24, 2.45) is 0 Å². The first-order chi connectivity index (χ1) is 12.5.